The van der Waals surface area contributed by atoms with E-state index in [0.717, 1.165) is 19.3 Å². The van der Waals surface area contributed by atoms with Crippen molar-refractivity contribution in [2.75, 3.05) is 39.1 Å². The van der Waals surface area contributed by atoms with E-state index in [4.69, 9.17) is 16.3 Å². The summed E-state index contributed by atoms with van der Waals surface area (Å²) in [6, 6.07) is 10.7. The largest absolute Gasteiger partial charge is 0.484 e. The second-order valence-electron chi connectivity index (χ2n) is 7.67. The highest BCUT2D eigenvalue weighted by molar-refractivity contribution is 7.89. The Labute approximate surface area is 193 Å². The average Bonchev–Trinajstić information content (AvgIpc) is 2.79. The van der Waals surface area contributed by atoms with Crippen molar-refractivity contribution in [1.29, 1.82) is 0 Å². The topological polar surface area (TPSA) is 96.0 Å². The number of ether oxygens (including phenoxy) is 1. The summed E-state index contributed by atoms with van der Waals surface area (Å²) in [5.74, 6) is -0.145. The Morgan fingerprint density at radius 3 is 2.34 bits per heavy atom. The van der Waals surface area contributed by atoms with Crippen LogP contribution in [0, 0.1) is 0 Å². The molecule has 32 heavy (non-hydrogen) atoms. The molecule has 2 aromatic rings. The molecule has 0 bridgehead atoms. The molecule has 2 amide bonds. The van der Waals surface area contributed by atoms with Gasteiger partial charge in [-0.05, 0) is 55.3 Å². The molecule has 10 heteroatoms. The zero-order chi connectivity index (χ0) is 23.3. The van der Waals surface area contributed by atoms with E-state index in [-0.39, 0.29) is 28.0 Å². The van der Waals surface area contributed by atoms with E-state index in [1.165, 1.54) is 27.4 Å². The molecular weight excluding hydrogens is 454 g/mol. The first-order chi connectivity index (χ1) is 15.2. The Hall–Kier alpha value is -2.62. The number of sulfonamides is 1. The number of halogens is 1. The summed E-state index contributed by atoms with van der Waals surface area (Å²) in [6.45, 7) is 0.811. The molecule has 2 aromatic carbocycles. The van der Waals surface area contributed by atoms with Crippen LogP contribution in [0.2, 0.25) is 5.02 Å². The molecule has 0 radical (unpaired) electrons. The summed E-state index contributed by atoms with van der Waals surface area (Å²) in [5.41, 5.74) is 0.679. The third-order valence-electron chi connectivity index (χ3n) is 5.10. The van der Waals surface area contributed by atoms with E-state index in [2.05, 4.69) is 5.32 Å². The lowest BCUT2D eigenvalue weighted by molar-refractivity contribution is -0.130. The molecule has 8 nitrogen and oxygen atoms in total. The van der Waals surface area contributed by atoms with E-state index >= 15 is 0 Å². The quantitative estimate of drug-likeness (QED) is 0.657. The molecule has 1 aliphatic rings. The van der Waals surface area contributed by atoms with Gasteiger partial charge in [-0.1, -0.05) is 18.0 Å². The number of rotatable bonds is 7. The maximum absolute atomic E-state index is 13.0. The number of hydrogen-bond donors (Lipinski definition) is 1. The molecule has 0 spiro atoms. The van der Waals surface area contributed by atoms with Crippen LogP contribution in [0.5, 0.6) is 5.75 Å². The third kappa shape index (κ3) is 5.79. The van der Waals surface area contributed by atoms with Crippen molar-refractivity contribution in [2.45, 2.75) is 24.2 Å². The number of likely N-dealkylation sites (N-methyl/N-ethyl adjacent to an activating group) is 1. The number of nitrogens with one attached hydrogen (secondary N) is 1. The first-order valence-corrected chi connectivity index (χ1v) is 12.0. The van der Waals surface area contributed by atoms with Gasteiger partial charge in [0, 0.05) is 38.4 Å². The normalized spacial score (nSPS) is 14.6. The van der Waals surface area contributed by atoms with Crippen LogP contribution in [0.3, 0.4) is 0 Å². The summed E-state index contributed by atoms with van der Waals surface area (Å²) >= 11 is 6.18. The Kier molecular flexibility index (Phi) is 7.76. The van der Waals surface area contributed by atoms with Crippen LogP contribution in [0.4, 0.5) is 5.69 Å². The first kappa shape index (κ1) is 24.0. The molecule has 0 atom stereocenters. The van der Waals surface area contributed by atoms with Crippen molar-refractivity contribution in [3.8, 4) is 5.75 Å². The molecule has 0 aliphatic carbocycles. The molecule has 0 unspecified atom stereocenters. The highest BCUT2D eigenvalue weighted by Gasteiger charge is 2.28. The predicted octanol–water partition coefficient (Wildman–Crippen LogP) is 3.23. The lowest BCUT2D eigenvalue weighted by atomic mass is 10.2. The van der Waals surface area contributed by atoms with Gasteiger partial charge in [-0.3, -0.25) is 9.59 Å². The number of hydrogen-bond acceptors (Lipinski definition) is 5. The average molecular weight is 480 g/mol. The van der Waals surface area contributed by atoms with Gasteiger partial charge in [0.15, 0.2) is 6.61 Å². The minimum atomic E-state index is -3.77. The minimum absolute atomic E-state index is 0.0666. The predicted molar refractivity (Wildman–Crippen MR) is 123 cm³/mol. The molecule has 172 valence electrons. The number of anilines is 1. The molecule has 1 aliphatic heterocycles. The third-order valence-corrected chi connectivity index (χ3v) is 7.48. The van der Waals surface area contributed by atoms with Gasteiger partial charge in [-0.15, -0.1) is 0 Å². The van der Waals surface area contributed by atoms with Crippen LogP contribution in [0.25, 0.3) is 0 Å². The maximum Gasteiger partial charge on any atom is 0.259 e. The fourth-order valence-corrected chi connectivity index (χ4v) is 5.22. The molecule has 0 saturated carbocycles. The summed E-state index contributed by atoms with van der Waals surface area (Å²) in [6.07, 6.45) is 2.61. The van der Waals surface area contributed by atoms with Gasteiger partial charge in [-0.25, -0.2) is 8.42 Å². The standard InChI is InChI=1S/C22H26ClN3O5S/c1-25(2)21(27)15-31-18-9-7-17(8-10-18)24-22(28)16-6-11-19(23)20(14-16)32(29,30)26-12-4-3-5-13-26/h6-11,14H,3-5,12-13,15H2,1-2H3,(H,24,28). The molecule has 1 N–H and O–H groups in total. The van der Waals surface area contributed by atoms with E-state index in [0.29, 0.717) is 24.5 Å². The summed E-state index contributed by atoms with van der Waals surface area (Å²) in [7, 11) is -0.487. The molecule has 3 rings (SSSR count). The molecule has 1 saturated heterocycles. The monoisotopic (exact) mass is 479 g/mol. The lowest BCUT2D eigenvalue weighted by Crippen LogP contribution is -2.35. The van der Waals surface area contributed by atoms with Gasteiger partial charge in [0.05, 0.1) is 5.02 Å². The number of benzene rings is 2. The smallest absolute Gasteiger partial charge is 0.259 e. The molecule has 1 fully saturated rings. The van der Waals surface area contributed by atoms with Gasteiger partial charge in [0.1, 0.15) is 10.6 Å². The highest BCUT2D eigenvalue weighted by atomic mass is 35.5. The van der Waals surface area contributed by atoms with Crippen molar-refractivity contribution >= 4 is 39.1 Å². The zero-order valence-electron chi connectivity index (χ0n) is 18.0. The van der Waals surface area contributed by atoms with E-state index in [9.17, 15) is 18.0 Å². The van der Waals surface area contributed by atoms with Crippen molar-refractivity contribution in [3.05, 3.63) is 53.1 Å². The van der Waals surface area contributed by atoms with Gasteiger partial charge in [0.25, 0.3) is 11.8 Å². The number of carbonyl (C=O) groups is 2. The van der Waals surface area contributed by atoms with Gasteiger partial charge >= 0.3 is 0 Å². The van der Waals surface area contributed by atoms with E-state index < -0.39 is 15.9 Å². The fraction of sp³-hybridized carbons (Fsp3) is 0.364. The SMILES string of the molecule is CN(C)C(=O)COc1ccc(NC(=O)c2ccc(Cl)c(S(=O)(=O)N3CCCCC3)c2)cc1. The van der Waals surface area contributed by atoms with Crippen molar-refractivity contribution in [1.82, 2.24) is 9.21 Å². The Balaban J connectivity index is 1.70. The van der Waals surface area contributed by atoms with Crippen LogP contribution in [-0.2, 0) is 14.8 Å². The number of amides is 2. The number of piperidine rings is 1. The Bertz CT molecular complexity index is 1080. The van der Waals surface area contributed by atoms with Gasteiger partial charge in [-0.2, -0.15) is 4.31 Å². The van der Waals surface area contributed by atoms with Crippen LogP contribution in [0.15, 0.2) is 47.4 Å². The highest BCUT2D eigenvalue weighted by Crippen LogP contribution is 2.28. The maximum atomic E-state index is 13.0. The second kappa shape index (κ2) is 10.3. The fourth-order valence-electron chi connectivity index (χ4n) is 3.20. The zero-order valence-corrected chi connectivity index (χ0v) is 19.6. The van der Waals surface area contributed by atoms with Crippen LogP contribution >= 0.6 is 11.6 Å². The van der Waals surface area contributed by atoms with Crippen molar-refractivity contribution in [2.24, 2.45) is 0 Å². The van der Waals surface area contributed by atoms with E-state index in [1.807, 2.05) is 0 Å². The molecule has 0 aromatic heterocycles. The van der Waals surface area contributed by atoms with Crippen LogP contribution in [-0.4, -0.2) is 63.2 Å². The summed E-state index contributed by atoms with van der Waals surface area (Å²) in [5, 5.41) is 2.81. The molecule has 1 heterocycles. The lowest BCUT2D eigenvalue weighted by Gasteiger charge is -2.26. The minimum Gasteiger partial charge on any atom is -0.484 e. The second-order valence-corrected chi connectivity index (χ2v) is 9.98. The summed E-state index contributed by atoms with van der Waals surface area (Å²) < 4.78 is 32.8. The Morgan fingerprint density at radius 2 is 1.72 bits per heavy atom. The van der Waals surface area contributed by atoms with Gasteiger partial charge in [0.2, 0.25) is 10.0 Å². The van der Waals surface area contributed by atoms with Crippen molar-refractivity contribution in [3.63, 3.8) is 0 Å². The van der Waals surface area contributed by atoms with Crippen LogP contribution in [0.1, 0.15) is 29.6 Å². The van der Waals surface area contributed by atoms with Crippen molar-refractivity contribution < 1.29 is 22.7 Å². The molecular formula is C22H26ClN3O5S. The Morgan fingerprint density at radius 1 is 1.06 bits per heavy atom. The number of carbonyl (C=O) groups excluding carboxylic acids is 2. The number of nitrogens with zero attached hydrogens (tertiary/aromatic N) is 2. The van der Waals surface area contributed by atoms with Crippen LogP contribution < -0.4 is 10.1 Å². The van der Waals surface area contributed by atoms with E-state index in [1.54, 1.807) is 38.4 Å². The first-order valence-electron chi connectivity index (χ1n) is 10.2. The summed E-state index contributed by atoms with van der Waals surface area (Å²) in [4.78, 5) is 25.7. The van der Waals surface area contributed by atoms with Gasteiger partial charge < -0.3 is 15.0 Å².